The van der Waals surface area contributed by atoms with Crippen LogP contribution in [0.4, 0.5) is 11.4 Å². The number of nitrogens with one attached hydrogen (secondary N) is 2. The summed E-state index contributed by atoms with van der Waals surface area (Å²) in [7, 11) is 1.52. The largest absolute Gasteiger partial charge is 0.494 e. The van der Waals surface area contributed by atoms with E-state index >= 15 is 0 Å². The summed E-state index contributed by atoms with van der Waals surface area (Å²) in [5, 5.41) is 7.45. The molecule has 0 bridgehead atoms. The van der Waals surface area contributed by atoms with E-state index < -0.39 is 0 Å². The Bertz CT molecular complexity index is 1070. The molecular formula is C20H22N4O3S2. The minimum atomic E-state index is -0.154. The van der Waals surface area contributed by atoms with E-state index in [1.54, 1.807) is 36.5 Å². The Morgan fingerprint density at radius 1 is 1.17 bits per heavy atom. The highest BCUT2D eigenvalue weighted by molar-refractivity contribution is 8.00. The second-order valence-electron chi connectivity index (χ2n) is 6.30. The SMILES string of the molecule is CCC(=O)Nc1ccc(NC(=O)CSc2ncnc3sc(C)c(C)c23)cc1OC. The van der Waals surface area contributed by atoms with Crippen molar-refractivity contribution in [2.75, 3.05) is 23.5 Å². The summed E-state index contributed by atoms with van der Waals surface area (Å²) in [5.74, 6) is 0.446. The van der Waals surface area contributed by atoms with E-state index in [9.17, 15) is 9.59 Å². The van der Waals surface area contributed by atoms with Gasteiger partial charge in [-0.25, -0.2) is 9.97 Å². The Morgan fingerprint density at radius 3 is 2.69 bits per heavy atom. The number of ether oxygens (including phenoxy) is 1. The van der Waals surface area contributed by atoms with Crippen molar-refractivity contribution in [1.29, 1.82) is 0 Å². The molecule has 0 saturated heterocycles. The molecule has 7 nitrogen and oxygen atoms in total. The minimum absolute atomic E-state index is 0.105. The summed E-state index contributed by atoms with van der Waals surface area (Å²) >= 11 is 3.02. The molecule has 3 rings (SSSR count). The molecule has 3 aromatic rings. The van der Waals surface area contributed by atoms with Gasteiger partial charge >= 0.3 is 0 Å². The zero-order valence-electron chi connectivity index (χ0n) is 16.7. The number of nitrogens with zero attached hydrogens (tertiary/aromatic N) is 2. The van der Waals surface area contributed by atoms with Crippen LogP contribution in [-0.2, 0) is 9.59 Å². The van der Waals surface area contributed by atoms with Crippen LogP contribution in [0.15, 0.2) is 29.6 Å². The van der Waals surface area contributed by atoms with Gasteiger partial charge in [0.25, 0.3) is 0 Å². The van der Waals surface area contributed by atoms with Crippen molar-refractivity contribution in [3.8, 4) is 5.75 Å². The number of anilines is 2. The lowest BCUT2D eigenvalue weighted by Gasteiger charge is -2.12. The lowest BCUT2D eigenvalue weighted by atomic mass is 10.2. The van der Waals surface area contributed by atoms with Gasteiger partial charge < -0.3 is 15.4 Å². The van der Waals surface area contributed by atoms with Crippen molar-refractivity contribution in [3.05, 3.63) is 35.0 Å². The van der Waals surface area contributed by atoms with Gasteiger partial charge in [-0.3, -0.25) is 9.59 Å². The molecule has 0 atom stereocenters. The molecule has 2 aromatic heterocycles. The van der Waals surface area contributed by atoms with E-state index in [0.717, 1.165) is 20.8 Å². The van der Waals surface area contributed by atoms with Crippen LogP contribution in [0.1, 0.15) is 23.8 Å². The molecule has 2 heterocycles. The van der Waals surface area contributed by atoms with Crippen LogP contribution in [0, 0.1) is 13.8 Å². The third kappa shape index (κ3) is 4.86. The molecule has 0 aliphatic heterocycles. The van der Waals surface area contributed by atoms with E-state index in [0.29, 0.717) is 23.5 Å². The number of thiophene rings is 1. The van der Waals surface area contributed by atoms with Crippen LogP contribution >= 0.6 is 23.1 Å². The van der Waals surface area contributed by atoms with E-state index in [2.05, 4.69) is 27.5 Å². The number of hydrogen-bond donors (Lipinski definition) is 2. The minimum Gasteiger partial charge on any atom is -0.494 e. The van der Waals surface area contributed by atoms with Crippen molar-refractivity contribution in [3.63, 3.8) is 0 Å². The summed E-state index contributed by atoms with van der Waals surface area (Å²) in [6.07, 6.45) is 1.91. The zero-order chi connectivity index (χ0) is 21.0. The Hall–Kier alpha value is -2.65. The van der Waals surface area contributed by atoms with Crippen LogP contribution < -0.4 is 15.4 Å². The Balaban J connectivity index is 1.68. The van der Waals surface area contributed by atoms with Crippen LogP contribution in [0.2, 0.25) is 0 Å². The van der Waals surface area contributed by atoms with Crippen molar-refractivity contribution in [2.45, 2.75) is 32.2 Å². The quantitative estimate of drug-likeness (QED) is 0.426. The number of hydrogen-bond acceptors (Lipinski definition) is 7. The molecular weight excluding hydrogens is 408 g/mol. The molecule has 9 heteroatoms. The maximum absolute atomic E-state index is 12.4. The molecule has 2 amide bonds. The number of carbonyl (C=O) groups is 2. The maximum Gasteiger partial charge on any atom is 0.234 e. The average molecular weight is 431 g/mol. The second kappa shape index (κ2) is 9.23. The van der Waals surface area contributed by atoms with Crippen LogP contribution in [0.25, 0.3) is 10.2 Å². The topological polar surface area (TPSA) is 93.2 Å². The number of aryl methyl sites for hydroxylation is 2. The van der Waals surface area contributed by atoms with Gasteiger partial charge in [-0.05, 0) is 31.5 Å². The first-order valence-electron chi connectivity index (χ1n) is 9.04. The fraction of sp³-hybridized carbons (Fsp3) is 0.300. The van der Waals surface area contributed by atoms with Crippen molar-refractivity contribution >= 4 is 56.5 Å². The summed E-state index contributed by atoms with van der Waals surface area (Å²) in [5.41, 5.74) is 2.32. The summed E-state index contributed by atoms with van der Waals surface area (Å²) in [6, 6.07) is 5.12. The molecule has 0 aliphatic carbocycles. The first-order valence-corrected chi connectivity index (χ1v) is 10.8. The fourth-order valence-electron chi connectivity index (χ4n) is 2.70. The van der Waals surface area contributed by atoms with Gasteiger partial charge in [-0.2, -0.15) is 0 Å². The molecule has 29 heavy (non-hydrogen) atoms. The molecule has 152 valence electrons. The highest BCUT2D eigenvalue weighted by Gasteiger charge is 2.14. The number of fused-ring (bicyclic) bond motifs is 1. The number of methoxy groups -OCH3 is 1. The Labute approximate surface area is 177 Å². The van der Waals surface area contributed by atoms with Gasteiger partial charge in [-0.1, -0.05) is 18.7 Å². The summed E-state index contributed by atoms with van der Waals surface area (Å²) in [6.45, 7) is 5.88. The molecule has 1 aromatic carbocycles. The van der Waals surface area contributed by atoms with E-state index in [1.165, 1.54) is 30.1 Å². The number of thioether (sulfide) groups is 1. The van der Waals surface area contributed by atoms with Gasteiger partial charge in [0, 0.05) is 28.4 Å². The first kappa shape index (κ1) is 21.1. The first-order chi connectivity index (χ1) is 13.9. The van der Waals surface area contributed by atoms with Gasteiger partial charge in [0.2, 0.25) is 11.8 Å². The predicted molar refractivity (Wildman–Crippen MR) is 118 cm³/mol. The third-order valence-corrected chi connectivity index (χ3v) is 6.46. The third-order valence-electron chi connectivity index (χ3n) is 4.35. The molecule has 0 fully saturated rings. The van der Waals surface area contributed by atoms with Gasteiger partial charge in [0.05, 0.1) is 18.6 Å². The number of amides is 2. The molecule has 0 aliphatic rings. The fourth-order valence-corrected chi connectivity index (χ4v) is 4.62. The summed E-state index contributed by atoms with van der Waals surface area (Å²) in [4.78, 5) is 34.9. The molecule has 0 radical (unpaired) electrons. The summed E-state index contributed by atoms with van der Waals surface area (Å²) < 4.78 is 5.32. The second-order valence-corrected chi connectivity index (χ2v) is 8.46. The van der Waals surface area contributed by atoms with E-state index in [-0.39, 0.29) is 17.6 Å². The van der Waals surface area contributed by atoms with Crippen molar-refractivity contribution in [1.82, 2.24) is 9.97 Å². The number of carbonyl (C=O) groups excluding carboxylic acids is 2. The lowest BCUT2D eigenvalue weighted by Crippen LogP contribution is -2.15. The number of benzene rings is 1. The maximum atomic E-state index is 12.4. The smallest absolute Gasteiger partial charge is 0.234 e. The monoisotopic (exact) mass is 430 g/mol. The molecule has 0 unspecified atom stereocenters. The Kier molecular flexibility index (Phi) is 6.71. The van der Waals surface area contributed by atoms with Crippen molar-refractivity contribution < 1.29 is 14.3 Å². The highest BCUT2D eigenvalue weighted by atomic mass is 32.2. The normalized spacial score (nSPS) is 10.8. The molecule has 0 saturated carbocycles. The van der Waals surface area contributed by atoms with E-state index in [4.69, 9.17) is 4.74 Å². The van der Waals surface area contributed by atoms with Crippen LogP contribution in [0.3, 0.4) is 0 Å². The number of rotatable bonds is 7. The highest BCUT2D eigenvalue weighted by Crippen LogP contribution is 2.34. The van der Waals surface area contributed by atoms with Crippen LogP contribution in [0.5, 0.6) is 5.75 Å². The van der Waals surface area contributed by atoms with E-state index in [1.807, 2.05) is 6.92 Å². The van der Waals surface area contributed by atoms with Gasteiger partial charge in [0.15, 0.2) is 0 Å². The standard InChI is InChI=1S/C20H22N4O3S2/c1-5-16(25)24-14-7-6-13(8-15(14)27-4)23-17(26)9-28-19-18-11(2)12(3)29-20(18)22-10-21-19/h6-8,10H,5,9H2,1-4H3,(H,23,26)(H,24,25). The predicted octanol–water partition coefficient (Wildman–Crippen LogP) is 4.40. The Morgan fingerprint density at radius 2 is 1.97 bits per heavy atom. The lowest BCUT2D eigenvalue weighted by molar-refractivity contribution is -0.116. The van der Waals surface area contributed by atoms with Gasteiger partial charge in [-0.15, -0.1) is 11.3 Å². The zero-order valence-corrected chi connectivity index (χ0v) is 18.3. The average Bonchev–Trinajstić information content (AvgIpc) is 3.01. The van der Waals surface area contributed by atoms with Gasteiger partial charge in [0.1, 0.15) is 21.9 Å². The van der Waals surface area contributed by atoms with Crippen LogP contribution in [-0.4, -0.2) is 34.6 Å². The molecule has 0 spiro atoms. The van der Waals surface area contributed by atoms with Crippen molar-refractivity contribution in [2.24, 2.45) is 0 Å². The molecule has 2 N–H and O–H groups in total. The number of aromatic nitrogens is 2.